The van der Waals surface area contributed by atoms with Gasteiger partial charge in [0.05, 0.1) is 24.1 Å². The molecule has 138 valence electrons. The molecule has 0 fully saturated rings. The number of benzene rings is 2. The van der Waals surface area contributed by atoms with Gasteiger partial charge in [0.15, 0.2) is 0 Å². The Hall–Kier alpha value is -3.33. The summed E-state index contributed by atoms with van der Waals surface area (Å²) in [5.41, 5.74) is 6.65. The Bertz CT molecular complexity index is 956. The molecule has 0 saturated heterocycles. The van der Waals surface area contributed by atoms with Gasteiger partial charge in [0.25, 0.3) is 11.1 Å². The smallest absolute Gasteiger partial charge is 0.277 e. The number of methoxy groups -OCH3 is 1. The van der Waals surface area contributed by atoms with E-state index in [0.29, 0.717) is 11.6 Å². The summed E-state index contributed by atoms with van der Waals surface area (Å²) in [5, 5.41) is 10.8. The second kappa shape index (κ2) is 8.37. The molecule has 0 radical (unpaired) electrons. The standard InChI is InChI=1S/C18H16N4O4S/c1-25-12-8-6-11(7-9-12)17-21-22-18(26-17)27-10-15(23)20-14-5-3-2-4-13(14)16(19)24/h2-9H,10H2,1H3,(H2,19,24)(H,20,23). The van der Waals surface area contributed by atoms with Crippen molar-refractivity contribution in [3.8, 4) is 17.2 Å². The summed E-state index contributed by atoms with van der Waals surface area (Å²) in [5.74, 6) is 0.176. The molecule has 2 aromatic carbocycles. The molecule has 3 aromatic rings. The van der Waals surface area contributed by atoms with Crippen LogP contribution in [-0.2, 0) is 4.79 Å². The van der Waals surface area contributed by atoms with Crippen molar-refractivity contribution in [2.24, 2.45) is 5.73 Å². The van der Waals surface area contributed by atoms with Crippen molar-refractivity contribution in [1.82, 2.24) is 10.2 Å². The van der Waals surface area contributed by atoms with E-state index in [1.165, 1.54) is 0 Å². The second-order valence-corrected chi connectivity index (χ2v) is 6.27. The van der Waals surface area contributed by atoms with Crippen LogP contribution in [0.1, 0.15) is 10.4 Å². The highest BCUT2D eigenvalue weighted by Crippen LogP contribution is 2.25. The van der Waals surface area contributed by atoms with Crippen LogP contribution in [0.15, 0.2) is 58.2 Å². The summed E-state index contributed by atoms with van der Waals surface area (Å²) in [6, 6.07) is 13.7. The maximum Gasteiger partial charge on any atom is 0.277 e. The van der Waals surface area contributed by atoms with Gasteiger partial charge in [-0.05, 0) is 36.4 Å². The zero-order valence-corrected chi connectivity index (χ0v) is 15.2. The van der Waals surface area contributed by atoms with Crippen LogP contribution in [0.4, 0.5) is 5.69 Å². The fourth-order valence-corrected chi connectivity index (χ4v) is 2.80. The number of nitrogens with zero attached hydrogens (tertiary/aromatic N) is 2. The van der Waals surface area contributed by atoms with E-state index in [-0.39, 0.29) is 22.4 Å². The van der Waals surface area contributed by atoms with E-state index in [9.17, 15) is 9.59 Å². The third-order valence-corrected chi connectivity index (χ3v) is 4.36. The molecule has 0 spiro atoms. The predicted octanol–water partition coefficient (Wildman–Crippen LogP) is 2.57. The van der Waals surface area contributed by atoms with Crippen molar-refractivity contribution >= 4 is 29.3 Å². The van der Waals surface area contributed by atoms with Crippen LogP contribution in [0.25, 0.3) is 11.5 Å². The summed E-state index contributed by atoms with van der Waals surface area (Å²) in [6.07, 6.45) is 0. The Morgan fingerprint density at radius 2 is 1.89 bits per heavy atom. The summed E-state index contributed by atoms with van der Waals surface area (Å²) in [6.45, 7) is 0. The Kier molecular flexibility index (Phi) is 5.72. The Morgan fingerprint density at radius 1 is 1.15 bits per heavy atom. The van der Waals surface area contributed by atoms with Crippen molar-refractivity contribution < 1.29 is 18.7 Å². The van der Waals surface area contributed by atoms with Crippen LogP contribution in [0.3, 0.4) is 0 Å². The molecule has 0 aliphatic carbocycles. The number of primary amides is 1. The van der Waals surface area contributed by atoms with Crippen LogP contribution in [0, 0.1) is 0 Å². The summed E-state index contributed by atoms with van der Waals surface area (Å²) >= 11 is 1.09. The van der Waals surface area contributed by atoms with Gasteiger partial charge in [-0.25, -0.2) is 0 Å². The first kappa shape index (κ1) is 18.5. The van der Waals surface area contributed by atoms with Gasteiger partial charge in [0.1, 0.15) is 5.75 Å². The Morgan fingerprint density at radius 3 is 2.59 bits per heavy atom. The molecule has 9 heteroatoms. The summed E-state index contributed by atoms with van der Waals surface area (Å²) < 4.78 is 10.7. The first-order valence-electron chi connectivity index (χ1n) is 7.86. The second-order valence-electron chi connectivity index (χ2n) is 5.35. The van der Waals surface area contributed by atoms with Crippen LogP contribution >= 0.6 is 11.8 Å². The highest BCUT2D eigenvalue weighted by molar-refractivity contribution is 7.99. The zero-order valence-electron chi connectivity index (χ0n) is 14.3. The molecule has 0 aliphatic heterocycles. The Labute approximate surface area is 159 Å². The fourth-order valence-electron chi connectivity index (χ4n) is 2.24. The number of ether oxygens (including phenoxy) is 1. The number of para-hydroxylation sites is 1. The maximum absolute atomic E-state index is 12.1. The van der Waals surface area contributed by atoms with E-state index in [4.69, 9.17) is 14.9 Å². The number of thioether (sulfide) groups is 1. The summed E-state index contributed by atoms with van der Waals surface area (Å²) in [4.78, 5) is 23.5. The zero-order chi connectivity index (χ0) is 19.2. The topological polar surface area (TPSA) is 120 Å². The van der Waals surface area contributed by atoms with Crippen LogP contribution in [-0.4, -0.2) is 34.9 Å². The minimum absolute atomic E-state index is 0.0390. The number of nitrogens with one attached hydrogen (secondary N) is 1. The molecule has 0 bridgehead atoms. The number of carbonyl (C=O) groups excluding carboxylic acids is 2. The number of hydrogen-bond acceptors (Lipinski definition) is 7. The Balaban J connectivity index is 1.60. The molecule has 0 saturated carbocycles. The van der Waals surface area contributed by atoms with Crippen molar-refractivity contribution in [2.45, 2.75) is 5.22 Å². The number of anilines is 1. The highest BCUT2D eigenvalue weighted by atomic mass is 32.2. The van der Waals surface area contributed by atoms with E-state index in [1.54, 1.807) is 55.6 Å². The number of carbonyl (C=O) groups is 2. The van der Waals surface area contributed by atoms with Gasteiger partial charge in [-0.2, -0.15) is 0 Å². The molecule has 3 N–H and O–H groups in total. The molecule has 1 heterocycles. The van der Waals surface area contributed by atoms with Gasteiger partial charge < -0.3 is 20.2 Å². The van der Waals surface area contributed by atoms with E-state index in [1.807, 2.05) is 0 Å². The lowest BCUT2D eigenvalue weighted by molar-refractivity contribution is -0.113. The van der Waals surface area contributed by atoms with Crippen LogP contribution < -0.4 is 15.8 Å². The minimum atomic E-state index is -0.611. The lowest BCUT2D eigenvalue weighted by Gasteiger charge is -2.07. The average Bonchev–Trinajstić information content (AvgIpc) is 3.16. The number of amides is 2. The third-order valence-electron chi connectivity index (χ3n) is 3.54. The average molecular weight is 384 g/mol. The highest BCUT2D eigenvalue weighted by Gasteiger charge is 2.13. The molecule has 27 heavy (non-hydrogen) atoms. The third kappa shape index (κ3) is 4.64. The first-order chi connectivity index (χ1) is 13.1. The molecule has 8 nitrogen and oxygen atoms in total. The van der Waals surface area contributed by atoms with Crippen molar-refractivity contribution in [3.05, 3.63) is 54.1 Å². The van der Waals surface area contributed by atoms with Crippen LogP contribution in [0.5, 0.6) is 5.75 Å². The quantitative estimate of drug-likeness (QED) is 0.601. The van der Waals surface area contributed by atoms with E-state index in [2.05, 4.69) is 15.5 Å². The van der Waals surface area contributed by atoms with Crippen molar-refractivity contribution in [2.75, 3.05) is 18.2 Å². The van der Waals surface area contributed by atoms with Gasteiger partial charge in [-0.1, -0.05) is 23.9 Å². The van der Waals surface area contributed by atoms with Crippen molar-refractivity contribution in [1.29, 1.82) is 0 Å². The monoisotopic (exact) mass is 384 g/mol. The lowest BCUT2D eigenvalue weighted by Crippen LogP contribution is -2.19. The molecule has 3 rings (SSSR count). The molecule has 0 aliphatic rings. The molecular formula is C18H16N4O4S. The number of aromatic nitrogens is 2. The number of hydrogen-bond donors (Lipinski definition) is 2. The van der Waals surface area contributed by atoms with Gasteiger partial charge in [0.2, 0.25) is 11.8 Å². The van der Waals surface area contributed by atoms with Gasteiger partial charge in [0, 0.05) is 5.56 Å². The minimum Gasteiger partial charge on any atom is -0.497 e. The molecule has 1 aromatic heterocycles. The molecule has 0 atom stereocenters. The van der Waals surface area contributed by atoms with Gasteiger partial charge >= 0.3 is 0 Å². The van der Waals surface area contributed by atoms with Crippen LogP contribution in [0.2, 0.25) is 0 Å². The largest absolute Gasteiger partial charge is 0.497 e. The lowest BCUT2D eigenvalue weighted by atomic mass is 10.1. The summed E-state index contributed by atoms with van der Waals surface area (Å²) in [7, 11) is 1.59. The van der Waals surface area contributed by atoms with E-state index in [0.717, 1.165) is 23.1 Å². The van der Waals surface area contributed by atoms with Crippen molar-refractivity contribution in [3.63, 3.8) is 0 Å². The van der Waals surface area contributed by atoms with Gasteiger partial charge in [-0.3, -0.25) is 9.59 Å². The fraction of sp³-hybridized carbons (Fsp3) is 0.111. The molecule has 0 unspecified atom stereocenters. The predicted molar refractivity (Wildman–Crippen MR) is 101 cm³/mol. The first-order valence-corrected chi connectivity index (χ1v) is 8.85. The van der Waals surface area contributed by atoms with Gasteiger partial charge in [-0.15, -0.1) is 10.2 Å². The van der Waals surface area contributed by atoms with E-state index >= 15 is 0 Å². The normalized spacial score (nSPS) is 10.4. The number of nitrogens with two attached hydrogens (primary N) is 1. The number of rotatable bonds is 7. The maximum atomic E-state index is 12.1. The van der Waals surface area contributed by atoms with E-state index < -0.39 is 5.91 Å². The molecule has 2 amide bonds. The SMILES string of the molecule is COc1ccc(-c2nnc(SCC(=O)Nc3ccccc3C(N)=O)o2)cc1. The molecular weight excluding hydrogens is 368 g/mol.